The minimum atomic E-state index is -0.418. The third-order valence-corrected chi connectivity index (χ3v) is 4.19. The Hall–Kier alpha value is -2.81. The van der Waals surface area contributed by atoms with E-state index >= 15 is 0 Å². The zero-order valence-corrected chi connectivity index (χ0v) is 12.6. The highest BCUT2D eigenvalue weighted by atomic mass is 32.2. The van der Waals surface area contributed by atoms with Gasteiger partial charge in [-0.3, -0.25) is 4.79 Å². The molecule has 1 amide bonds. The van der Waals surface area contributed by atoms with Crippen LogP contribution in [0, 0.1) is 0 Å². The van der Waals surface area contributed by atoms with Gasteiger partial charge >= 0.3 is 0 Å². The van der Waals surface area contributed by atoms with Crippen LogP contribution in [0.1, 0.15) is 0 Å². The number of aromatic nitrogens is 4. The molecule has 3 aromatic rings. The summed E-state index contributed by atoms with van der Waals surface area (Å²) in [5.41, 5.74) is 7.38. The maximum Gasteiger partial charge on any atom is 0.231 e. The third kappa shape index (κ3) is 2.55. The van der Waals surface area contributed by atoms with Gasteiger partial charge in [-0.05, 0) is 30.3 Å². The fourth-order valence-corrected chi connectivity index (χ4v) is 2.83. The van der Waals surface area contributed by atoms with Crippen molar-refractivity contribution in [3.63, 3.8) is 0 Å². The van der Waals surface area contributed by atoms with Crippen LogP contribution in [0.15, 0.2) is 35.5 Å². The molecule has 0 saturated heterocycles. The van der Waals surface area contributed by atoms with Gasteiger partial charge in [0.1, 0.15) is 0 Å². The van der Waals surface area contributed by atoms with Crippen molar-refractivity contribution in [3.8, 4) is 22.8 Å². The van der Waals surface area contributed by atoms with E-state index in [9.17, 15) is 4.79 Å². The maximum atomic E-state index is 10.9. The first-order valence-electron chi connectivity index (χ1n) is 6.74. The van der Waals surface area contributed by atoms with Gasteiger partial charge in [0.25, 0.3) is 0 Å². The van der Waals surface area contributed by atoms with E-state index in [1.807, 2.05) is 30.3 Å². The normalized spacial score (nSPS) is 12.7. The molecule has 1 aliphatic rings. The van der Waals surface area contributed by atoms with Crippen molar-refractivity contribution in [1.82, 2.24) is 19.8 Å². The number of rotatable bonds is 4. The minimum absolute atomic E-state index is 0.122. The summed E-state index contributed by atoms with van der Waals surface area (Å²) in [6.45, 7) is 0.227. The standard InChI is InChI=1S/C14H11N5O3S/c15-12(20)6-23-14-17-16-13-4-2-9(18-19(13)14)8-1-3-10-11(5-8)22-7-21-10/h1-5H,6-7H2,(H2,15,20). The maximum absolute atomic E-state index is 10.9. The van der Waals surface area contributed by atoms with Gasteiger partial charge < -0.3 is 15.2 Å². The average molecular weight is 329 g/mol. The van der Waals surface area contributed by atoms with Crippen LogP contribution in [0.4, 0.5) is 0 Å². The van der Waals surface area contributed by atoms with Gasteiger partial charge in [-0.25, -0.2) is 0 Å². The zero-order chi connectivity index (χ0) is 15.8. The van der Waals surface area contributed by atoms with Crippen LogP contribution in [0.25, 0.3) is 16.9 Å². The Bertz CT molecular complexity index is 911. The minimum Gasteiger partial charge on any atom is -0.454 e. The van der Waals surface area contributed by atoms with Gasteiger partial charge in [0, 0.05) is 5.56 Å². The number of primary amides is 1. The molecule has 2 N–H and O–H groups in total. The number of hydrogen-bond donors (Lipinski definition) is 1. The summed E-state index contributed by atoms with van der Waals surface area (Å²) in [4.78, 5) is 10.9. The first kappa shape index (κ1) is 13.8. The van der Waals surface area contributed by atoms with E-state index in [1.54, 1.807) is 4.52 Å². The van der Waals surface area contributed by atoms with Crippen molar-refractivity contribution in [3.05, 3.63) is 30.3 Å². The van der Waals surface area contributed by atoms with Crippen molar-refractivity contribution in [1.29, 1.82) is 0 Å². The van der Waals surface area contributed by atoms with Gasteiger partial charge in [-0.2, -0.15) is 9.61 Å². The van der Waals surface area contributed by atoms with Crippen molar-refractivity contribution in [2.24, 2.45) is 5.73 Å². The molecule has 8 nitrogen and oxygen atoms in total. The number of ether oxygens (including phenoxy) is 2. The molecule has 0 saturated carbocycles. The molecule has 3 heterocycles. The largest absolute Gasteiger partial charge is 0.454 e. The quantitative estimate of drug-likeness (QED) is 0.715. The molecule has 0 spiro atoms. The van der Waals surface area contributed by atoms with Crippen LogP contribution < -0.4 is 15.2 Å². The van der Waals surface area contributed by atoms with Gasteiger partial charge in [-0.1, -0.05) is 11.8 Å². The Kier molecular flexibility index (Phi) is 3.27. The SMILES string of the molecule is NC(=O)CSc1nnc2ccc(-c3ccc4c(c3)OCO4)nn12. The number of benzene rings is 1. The molecular weight excluding hydrogens is 318 g/mol. The Morgan fingerprint density at radius 3 is 2.96 bits per heavy atom. The molecule has 1 aliphatic heterocycles. The predicted octanol–water partition coefficient (Wildman–Crippen LogP) is 1.10. The van der Waals surface area contributed by atoms with Gasteiger partial charge in [-0.15, -0.1) is 10.2 Å². The van der Waals surface area contributed by atoms with Crippen LogP contribution in [0.2, 0.25) is 0 Å². The van der Waals surface area contributed by atoms with E-state index in [1.165, 1.54) is 11.8 Å². The number of amides is 1. The third-order valence-electron chi connectivity index (χ3n) is 3.25. The molecule has 0 bridgehead atoms. The molecule has 4 rings (SSSR count). The van der Waals surface area contributed by atoms with E-state index in [0.717, 1.165) is 17.0 Å². The van der Waals surface area contributed by atoms with E-state index in [2.05, 4.69) is 15.3 Å². The number of nitrogens with zero attached hydrogens (tertiary/aromatic N) is 4. The average Bonchev–Trinajstić information content (AvgIpc) is 3.18. The number of carbonyl (C=O) groups is 1. The second-order valence-corrected chi connectivity index (χ2v) is 5.74. The Labute approximate surface area is 134 Å². The van der Waals surface area contributed by atoms with E-state index in [4.69, 9.17) is 15.2 Å². The Morgan fingerprint density at radius 1 is 1.22 bits per heavy atom. The summed E-state index contributed by atoms with van der Waals surface area (Å²) in [5.74, 6) is 1.11. The lowest BCUT2D eigenvalue weighted by molar-refractivity contribution is -0.115. The molecule has 23 heavy (non-hydrogen) atoms. The molecule has 0 fully saturated rings. The number of carbonyl (C=O) groups excluding carboxylic acids is 1. The monoisotopic (exact) mass is 329 g/mol. The fourth-order valence-electron chi connectivity index (χ4n) is 2.20. The van der Waals surface area contributed by atoms with Crippen LogP contribution in [0.3, 0.4) is 0 Å². The van der Waals surface area contributed by atoms with Crippen molar-refractivity contribution in [2.75, 3.05) is 12.5 Å². The predicted molar refractivity (Wildman–Crippen MR) is 82.3 cm³/mol. The van der Waals surface area contributed by atoms with Crippen LogP contribution in [-0.2, 0) is 4.79 Å². The molecule has 2 aromatic heterocycles. The van der Waals surface area contributed by atoms with Crippen LogP contribution in [-0.4, -0.2) is 38.3 Å². The topological polar surface area (TPSA) is 105 Å². The number of thioether (sulfide) groups is 1. The summed E-state index contributed by atoms with van der Waals surface area (Å²) in [6, 6.07) is 9.29. The second kappa shape index (κ2) is 5.43. The highest BCUT2D eigenvalue weighted by molar-refractivity contribution is 7.99. The highest BCUT2D eigenvalue weighted by Crippen LogP contribution is 2.35. The summed E-state index contributed by atoms with van der Waals surface area (Å²) >= 11 is 1.20. The Balaban J connectivity index is 1.73. The van der Waals surface area contributed by atoms with Crippen molar-refractivity contribution < 1.29 is 14.3 Å². The lowest BCUT2D eigenvalue weighted by Gasteiger charge is -2.04. The Morgan fingerprint density at radius 2 is 2.09 bits per heavy atom. The summed E-state index contributed by atoms with van der Waals surface area (Å²) < 4.78 is 12.3. The molecule has 0 radical (unpaired) electrons. The highest BCUT2D eigenvalue weighted by Gasteiger charge is 2.15. The summed E-state index contributed by atoms with van der Waals surface area (Å²) in [7, 11) is 0. The van der Waals surface area contributed by atoms with Crippen LogP contribution >= 0.6 is 11.8 Å². The lowest BCUT2D eigenvalue weighted by Crippen LogP contribution is -2.13. The second-order valence-electron chi connectivity index (χ2n) is 4.79. The van der Waals surface area contributed by atoms with E-state index in [0.29, 0.717) is 16.6 Å². The van der Waals surface area contributed by atoms with Crippen LogP contribution in [0.5, 0.6) is 11.5 Å². The zero-order valence-electron chi connectivity index (χ0n) is 11.8. The van der Waals surface area contributed by atoms with Gasteiger partial charge in [0.15, 0.2) is 17.1 Å². The number of nitrogens with two attached hydrogens (primary N) is 1. The molecule has 0 aliphatic carbocycles. The first-order valence-corrected chi connectivity index (χ1v) is 7.73. The summed E-state index contributed by atoms with van der Waals surface area (Å²) in [6.07, 6.45) is 0. The fraction of sp³-hybridized carbons (Fsp3) is 0.143. The smallest absolute Gasteiger partial charge is 0.231 e. The molecule has 0 unspecified atom stereocenters. The number of fused-ring (bicyclic) bond motifs is 2. The van der Waals surface area contributed by atoms with Gasteiger partial charge in [0.05, 0.1) is 11.4 Å². The lowest BCUT2D eigenvalue weighted by atomic mass is 10.1. The van der Waals surface area contributed by atoms with E-state index < -0.39 is 5.91 Å². The molecule has 9 heteroatoms. The van der Waals surface area contributed by atoms with E-state index in [-0.39, 0.29) is 12.5 Å². The molecule has 116 valence electrons. The summed E-state index contributed by atoms with van der Waals surface area (Å²) in [5, 5.41) is 13.1. The molecule has 1 aromatic carbocycles. The first-order chi connectivity index (χ1) is 11.2. The molecular formula is C14H11N5O3S. The van der Waals surface area contributed by atoms with Crippen molar-refractivity contribution >= 4 is 23.3 Å². The molecule has 0 atom stereocenters. The van der Waals surface area contributed by atoms with Gasteiger partial charge in [0.2, 0.25) is 17.9 Å². The van der Waals surface area contributed by atoms with Crippen molar-refractivity contribution in [2.45, 2.75) is 5.16 Å². The number of hydrogen-bond acceptors (Lipinski definition) is 7.